The van der Waals surface area contributed by atoms with Gasteiger partial charge in [-0.25, -0.2) is 0 Å². The number of aliphatic hydroxyl groups excluding tert-OH is 1. The third kappa shape index (κ3) is 4.24. The Balaban J connectivity index is 2.06. The Morgan fingerprint density at radius 1 is 1.15 bits per heavy atom. The molecule has 0 fully saturated rings. The van der Waals surface area contributed by atoms with Gasteiger partial charge in [-0.2, -0.15) is 5.10 Å². The van der Waals surface area contributed by atoms with E-state index >= 15 is 0 Å². The Hall–Kier alpha value is -1.50. The number of ether oxygens (including phenoxy) is 1. The predicted octanol–water partition coefficient (Wildman–Crippen LogP) is 5.11. The number of hydrogen-bond donors (Lipinski definition) is 1. The van der Waals surface area contributed by atoms with Crippen molar-refractivity contribution in [2.24, 2.45) is 7.05 Å². The second-order valence-electron chi connectivity index (χ2n) is 5.74. The Morgan fingerprint density at radius 2 is 1.81 bits per heavy atom. The van der Waals surface area contributed by atoms with Crippen molar-refractivity contribution in [1.82, 2.24) is 9.78 Å². The molecule has 0 aliphatic rings. The SMILES string of the molecule is COCc1nn(C)c(Sc2cc(Cl)cc(Cl)c2)c1C(O)c1ccccc1. The first-order chi connectivity index (χ1) is 12.5. The molecule has 0 amide bonds. The van der Waals surface area contributed by atoms with Gasteiger partial charge in [-0.3, -0.25) is 4.68 Å². The van der Waals surface area contributed by atoms with Gasteiger partial charge in [0, 0.05) is 34.7 Å². The van der Waals surface area contributed by atoms with Crippen LogP contribution in [0.5, 0.6) is 0 Å². The van der Waals surface area contributed by atoms with E-state index in [4.69, 9.17) is 27.9 Å². The largest absolute Gasteiger partial charge is 0.383 e. The van der Waals surface area contributed by atoms with Gasteiger partial charge in [0.25, 0.3) is 0 Å². The van der Waals surface area contributed by atoms with Crippen molar-refractivity contribution in [3.05, 3.63) is 75.4 Å². The molecule has 0 spiro atoms. The van der Waals surface area contributed by atoms with Crippen LogP contribution in [0.25, 0.3) is 0 Å². The summed E-state index contributed by atoms with van der Waals surface area (Å²) in [5.74, 6) is 0. The normalized spacial score (nSPS) is 12.3. The van der Waals surface area contributed by atoms with Gasteiger partial charge < -0.3 is 9.84 Å². The van der Waals surface area contributed by atoms with Crippen LogP contribution in [0.1, 0.15) is 22.9 Å². The van der Waals surface area contributed by atoms with Crippen LogP contribution < -0.4 is 0 Å². The molecule has 1 N–H and O–H groups in total. The zero-order valence-electron chi connectivity index (χ0n) is 14.3. The monoisotopic (exact) mass is 408 g/mol. The number of halogens is 2. The predicted molar refractivity (Wildman–Crippen MR) is 105 cm³/mol. The van der Waals surface area contributed by atoms with Gasteiger partial charge in [0.15, 0.2) is 0 Å². The summed E-state index contributed by atoms with van der Waals surface area (Å²) in [5.41, 5.74) is 2.22. The highest BCUT2D eigenvalue weighted by molar-refractivity contribution is 7.99. The van der Waals surface area contributed by atoms with Crippen LogP contribution in [-0.4, -0.2) is 22.0 Å². The molecule has 3 rings (SSSR count). The molecule has 0 aliphatic heterocycles. The lowest BCUT2D eigenvalue weighted by atomic mass is 10.0. The smallest absolute Gasteiger partial charge is 0.109 e. The maximum absolute atomic E-state index is 11.0. The molecule has 1 atom stereocenters. The standard InChI is InChI=1S/C19H18Cl2N2O2S/c1-23-19(26-15-9-13(20)8-14(21)10-15)17(16(22-23)11-25-2)18(24)12-6-4-3-5-7-12/h3-10,18,24H,11H2,1-2H3. The highest BCUT2D eigenvalue weighted by atomic mass is 35.5. The van der Waals surface area contributed by atoms with Crippen LogP contribution in [0.4, 0.5) is 0 Å². The lowest BCUT2D eigenvalue weighted by molar-refractivity contribution is 0.172. The Labute approximate surface area is 166 Å². The van der Waals surface area contributed by atoms with E-state index in [0.717, 1.165) is 21.0 Å². The van der Waals surface area contributed by atoms with Gasteiger partial charge in [0.05, 0.1) is 12.3 Å². The summed E-state index contributed by atoms with van der Waals surface area (Å²) in [6.45, 7) is 0.309. The summed E-state index contributed by atoms with van der Waals surface area (Å²) >= 11 is 13.7. The maximum Gasteiger partial charge on any atom is 0.109 e. The zero-order valence-corrected chi connectivity index (χ0v) is 16.6. The van der Waals surface area contributed by atoms with Crippen molar-refractivity contribution < 1.29 is 9.84 Å². The molecule has 7 heteroatoms. The molecule has 2 aromatic carbocycles. The highest BCUT2D eigenvalue weighted by Crippen LogP contribution is 2.39. The van der Waals surface area contributed by atoms with Crippen LogP contribution in [0.3, 0.4) is 0 Å². The second-order valence-corrected chi connectivity index (χ2v) is 7.68. The fourth-order valence-corrected chi connectivity index (χ4v) is 4.48. The van der Waals surface area contributed by atoms with Crippen molar-refractivity contribution in [3.8, 4) is 0 Å². The Bertz CT molecular complexity index is 880. The van der Waals surface area contributed by atoms with E-state index in [1.54, 1.807) is 17.9 Å². The van der Waals surface area contributed by atoms with Crippen molar-refractivity contribution in [1.29, 1.82) is 0 Å². The van der Waals surface area contributed by atoms with Gasteiger partial charge in [-0.05, 0) is 23.8 Å². The molecule has 0 aliphatic carbocycles. The fraction of sp³-hybridized carbons (Fsp3) is 0.211. The van der Waals surface area contributed by atoms with E-state index in [0.29, 0.717) is 22.3 Å². The number of benzene rings is 2. The topological polar surface area (TPSA) is 47.3 Å². The van der Waals surface area contributed by atoms with Crippen LogP contribution >= 0.6 is 35.0 Å². The number of aliphatic hydroxyl groups is 1. The van der Waals surface area contributed by atoms with E-state index in [-0.39, 0.29) is 0 Å². The van der Waals surface area contributed by atoms with Crippen LogP contribution in [0, 0.1) is 0 Å². The van der Waals surface area contributed by atoms with Gasteiger partial charge in [-0.1, -0.05) is 65.3 Å². The van der Waals surface area contributed by atoms with Gasteiger partial charge in [-0.15, -0.1) is 0 Å². The summed E-state index contributed by atoms with van der Waals surface area (Å²) < 4.78 is 7.02. The average Bonchev–Trinajstić information content (AvgIpc) is 2.90. The van der Waals surface area contributed by atoms with Gasteiger partial charge in [0.2, 0.25) is 0 Å². The molecule has 0 saturated heterocycles. The number of nitrogens with zero attached hydrogens (tertiary/aromatic N) is 2. The molecule has 0 bridgehead atoms. The number of hydrogen-bond acceptors (Lipinski definition) is 4. The summed E-state index contributed by atoms with van der Waals surface area (Å²) in [5, 5.41) is 17.5. The molecule has 1 heterocycles. The number of aryl methyl sites for hydroxylation is 1. The van der Waals surface area contributed by atoms with Crippen molar-refractivity contribution in [3.63, 3.8) is 0 Å². The minimum absolute atomic E-state index is 0.309. The summed E-state index contributed by atoms with van der Waals surface area (Å²) in [4.78, 5) is 0.871. The minimum Gasteiger partial charge on any atom is -0.383 e. The van der Waals surface area contributed by atoms with E-state index < -0.39 is 6.10 Å². The second kappa shape index (κ2) is 8.46. The van der Waals surface area contributed by atoms with Crippen molar-refractivity contribution in [2.75, 3.05) is 7.11 Å². The molecule has 4 nitrogen and oxygen atoms in total. The highest BCUT2D eigenvalue weighted by Gasteiger charge is 2.25. The van der Waals surface area contributed by atoms with Crippen LogP contribution in [0.15, 0.2) is 58.5 Å². The molecule has 0 saturated carbocycles. The average molecular weight is 409 g/mol. The number of aromatic nitrogens is 2. The van der Waals surface area contributed by atoms with E-state index in [1.807, 2.05) is 49.5 Å². The fourth-order valence-electron chi connectivity index (χ4n) is 2.72. The van der Waals surface area contributed by atoms with Gasteiger partial charge in [0.1, 0.15) is 11.1 Å². The zero-order chi connectivity index (χ0) is 18.7. The quantitative estimate of drug-likeness (QED) is 0.615. The first kappa shape index (κ1) is 19.3. The molecular weight excluding hydrogens is 391 g/mol. The molecule has 3 aromatic rings. The number of rotatable bonds is 6. The summed E-state index contributed by atoms with van der Waals surface area (Å²) in [6.07, 6.45) is -0.813. The Kier molecular flexibility index (Phi) is 6.27. The molecule has 136 valence electrons. The molecule has 1 aromatic heterocycles. The van der Waals surface area contributed by atoms with Gasteiger partial charge >= 0.3 is 0 Å². The van der Waals surface area contributed by atoms with Crippen LogP contribution in [0.2, 0.25) is 10.0 Å². The first-order valence-corrected chi connectivity index (χ1v) is 9.48. The Morgan fingerprint density at radius 3 is 2.42 bits per heavy atom. The summed E-state index contributed by atoms with van der Waals surface area (Å²) in [6, 6.07) is 14.8. The molecule has 0 radical (unpaired) electrons. The lowest BCUT2D eigenvalue weighted by Gasteiger charge is -2.14. The van der Waals surface area contributed by atoms with E-state index in [1.165, 1.54) is 11.8 Å². The summed E-state index contributed by atoms with van der Waals surface area (Å²) in [7, 11) is 3.45. The maximum atomic E-state index is 11.0. The van der Waals surface area contributed by atoms with Crippen LogP contribution in [-0.2, 0) is 18.4 Å². The number of methoxy groups -OCH3 is 1. The third-order valence-electron chi connectivity index (χ3n) is 3.83. The molecule has 1 unspecified atom stereocenters. The third-order valence-corrected chi connectivity index (χ3v) is 5.41. The minimum atomic E-state index is -0.813. The van der Waals surface area contributed by atoms with Crippen molar-refractivity contribution >= 4 is 35.0 Å². The molecular formula is C19H18Cl2N2O2S. The van der Waals surface area contributed by atoms with Crippen molar-refractivity contribution in [2.45, 2.75) is 22.6 Å². The van der Waals surface area contributed by atoms with E-state index in [9.17, 15) is 5.11 Å². The lowest BCUT2D eigenvalue weighted by Crippen LogP contribution is -2.04. The van der Waals surface area contributed by atoms with E-state index in [2.05, 4.69) is 5.10 Å². The molecule has 26 heavy (non-hydrogen) atoms. The first-order valence-electron chi connectivity index (χ1n) is 7.91.